The molecule has 21 heavy (non-hydrogen) atoms. The lowest BCUT2D eigenvalue weighted by Gasteiger charge is -2.13. The molecule has 0 aliphatic rings. The molecule has 7 nitrogen and oxygen atoms in total. The Morgan fingerprint density at radius 2 is 2.10 bits per heavy atom. The Morgan fingerprint density at radius 1 is 1.38 bits per heavy atom. The summed E-state index contributed by atoms with van der Waals surface area (Å²) in [5.41, 5.74) is 0.159. The van der Waals surface area contributed by atoms with Crippen LogP contribution in [-0.2, 0) is 10.0 Å². The topological polar surface area (TPSA) is 116 Å². The average molecular weight is 314 g/mol. The molecular weight excluding hydrogens is 296 g/mol. The lowest BCUT2D eigenvalue weighted by molar-refractivity contribution is 0.0696. The van der Waals surface area contributed by atoms with Gasteiger partial charge in [0, 0.05) is 19.7 Å². The van der Waals surface area contributed by atoms with E-state index in [1.54, 1.807) is 0 Å². The molecule has 116 valence electrons. The monoisotopic (exact) mass is 314 g/mol. The van der Waals surface area contributed by atoms with Crippen LogP contribution in [0.3, 0.4) is 0 Å². The Kier molecular flexibility index (Phi) is 6.35. The first kappa shape index (κ1) is 17.2. The van der Waals surface area contributed by atoms with E-state index in [0.29, 0.717) is 13.0 Å². The smallest absolute Gasteiger partial charge is 0.335 e. The van der Waals surface area contributed by atoms with Crippen LogP contribution in [0.15, 0.2) is 35.7 Å². The highest BCUT2D eigenvalue weighted by Crippen LogP contribution is 2.23. The number of benzene rings is 1. The van der Waals surface area contributed by atoms with Crippen LogP contribution in [0.5, 0.6) is 0 Å². The summed E-state index contributed by atoms with van der Waals surface area (Å²) in [7, 11) is -3.86. The van der Waals surface area contributed by atoms with Crippen LogP contribution in [-0.4, -0.2) is 44.3 Å². The predicted molar refractivity (Wildman–Crippen MR) is 79.0 cm³/mol. The SMILES string of the molecule is C=CCNS(=O)(=O)c1cc(C(=O)O)ccc1NCCCO. The molecule has 0 aliphatic carbocycles. The van der Waals surface area contributed by atoms with Gasteiger partial charge in [-0.3, -0.25) is 0 Å². The third-order valence-electron chi connectivity index (χ3n) is 2.59. The fourth-order valence-corrected chi connectivity index (χ4v) is 2.78. The van der Waals surface area contributed by atoms with E-state index in [1.807, 2.05) is 0 Å². The Bertz CT molecular complexity index is 613. The van der Waals surface area contributed by atoms with Crippen LogP contribution in [0.25, 0.3) is 0 Å². The number of aromatic carboxylic acids is 1. The molecule has 0 unspecified atom stereocenters. The second-order valence-corrected chi connectivity index (χ2v) is 5.90. The summed E-state index contributed by atoms with van der Waals surface area (Å²) in [5.74, 6) is -1.21. The highest BCUT2D eigenvalue weighted by Gasteiger charge is 2.20. The second-order valence-electron chi connectivity index (χ2n) is 4.16. The number of carbonyl (C=O) groups is 1. The van der Waals surface area contributed by atoms with E-state index in [4.69, 9.17) is 10.2 Å². The van der Waals surface area contributed by atoms with E-state index in [2.05, 4.69) is 16.6 Å². The lowest BCUT2D eigenvalue weighted by Crippen LogP contribution is -2.25. The largest absolute Gasteiger partial charge is 0.478 e. The van der Waals surface area contributed by atoms with Gasteiger partial charge < -0.3 is 15.5 Å². The highest BCUT2D eigenvalue weighted by molar-refractivity contribution is 7.89. The van der Waals surface area contributed by atoms with E-state index in [1.165, 1.54) is 18.2 Å². The van der Waals surface area contributed by atoms with Crippen molar-refractivity contribution < 1.29 is 23.4 Å². The van der Waals surface area contributed by atoms with Crippen LogP contribution in [0, 0.1) is 0 Å². The van der Waals surface area contributed by atoms with Gasteiger partial charge in [-0.2, -0.15) is 0 Å². The van der Waals surface area contributed by atoms with Gasteiger partial charge in [0.1, 0.15) is 4.90 Å². The number of aliphatic hydroxyl groups is 1. The Morgan fingerprint density at radius 3 is 2.67 bits per heavy atom. The number of hydrogen-bond donors (Lipinski definition) is 4. The van der Waals surface area contributed by atoms with Crippen molar-refractivity contribution in [2.75, 3.05) is 25.0 Å². The zero-order chi connectivity index (χ0) is 15.9. The molecule has 0 amide bonds. The molecule has 0 saturated heterocycles. The van der Waals surface area contributed by atoms with E-state index in [9.17, 15) is 13.2 Å². The minimum atomic E-state index is -3.86. The fourth-order valence-electron chi connectivity index (χ4n) is 1.57. The summed E-state index contributed by atoms with van der Waals surface area (Å²) in [6.07, 6.45) is 1.83. The summed E-state index contributed by atoms with van der Waals surface area (Å²) in [6.45, 7) is 3.80. The molecule has 4 N–H and O–H groups in total. The van der Waals surface area contributed by atoms with Crippen molar-refractivity contribution in [1.29, 1.82) is 0 Å². The van der Waals surface area contributed by atoms with Gasteiger partial charge in [0.2, 0.25) is 10.0 Å². The quantitative estimate of drug-likeness (QED) is 0.393. The highest BCUT2D eigenvalue weighted by atomic mass is 32.2. The van der Waals surface area contributed by atoms with E-state index in [0.717, 1.165) is 6.07 Å². The number of carboxylic acids is 1. The van der Waals surface area contributed by atoms with Gasteiger partial charge in [-0.1, -0.05) is 6.08 Å². The molecular formula is C13H18N2O5S. The molecule has 0 atom stereocenters. The number of aliphatic hydroxyl groups excluding tert-OH is 1. The van der Waals surface area contributed by atoms with Crippen molar-refractivity contribution in [3.8, 4) is 0 Å². The van der Waals surface area contributed by atoms with Crippen LogP contribution in [0.1, 0.15) is 16.8 Å². The lowest BCUT2D eigenvalue weighted by atomic mass is 10.2. The van der Waals surface area contributed by atoms with Crippen LogP contribution >= 0.6 is 0 Å². The van der Waals surface area contributed by atoms with Gasteiger partial charge in [0.05, 0.1) is 11.3 Å². The fraction of sp³-hybridized carbons (Fsp3) is 0.308. The van der Waals surface area contributed by atoms with Crippen molar-refractivity contribution in [2.24, 2.45) is 0 Å². The molecule has 1 aromatic carbocycles. The van der Waals surface area contributed by atoms with Crippen LogP contribution in [0.2, 0.25) is 0 Å². The van der Waals surface area contributed by atoms with E-state index < -0.39 is 16.0 Å². The average Bonchev–Trinajstić information content (AvgIpc) is 2.45. The molecule has 0 aromatic heterocycles. The van der Waals surface area contributed by atoms with Crippen LogP contribution in [0.4, 0.5) is 5.69 Å². The summed E-state index contributed by atoms with van der Waals surface area (Å²) < 4.78 is 26.7. The number of nitrogens with one attached hydrogen (secondary N) is 2. The number of rotatable bonds is 9. The number of carboxylic acid groups (broad SMARTS) is 1. The Labute approximate surface area is 123 Å². The molecule has 1 rings (SSSR count). The standard InChI is InChI=1S/C13H18N2O5S/c1-2-6-15-21(19,20)12-9-10(13(17)18)4-5-11(12)14-7-3-8-16/h2,4-5,9,14-16H,1,3,6-8H2,(H,17,18). The molecule has 0 spiro atoms. The first-order valence-electron chi connectivity index (χ1n) is 6.25. The molecule has 0 heterocycles. The summed E-state index contributed by atoms with van der Waals surface area (Å²) in [4.78, 5) is 10.8. The summed E-state index contributed by atoms with van der Waals surface area (Å²) >= 11 is 0. The third-order valence-corrected chi connectivity index (χ3v) is 4.05. The van der Waals surface area contributed by atoms with E-state index >= 15 is 0 Å². The zero-order valence-corrected chi connectivity index (χ0v) is 12.2. The van der Waals surface area contributed by atoms with Gasteiger partial charge in [-0.25, -0.2) is 17.9 Å². The van der Waals surface area contributed by atoms with Gasteiger partial charge in [0.25, 0.3) is 0 Å². The zero-order valence-electron chi connectivity index (χ0n) is 11.4. The Hall–Kier alpha value is -1.90. The minimum Gasteiger partial charge on any atom is -0.478 e. The van der Waals surface area contributed by atoms with Crippen molar-refractivity contribution in [3.63, 3.8) is 0 Å². The number of hydrogen-bond acceptors (Lipinski definition) is 5. The van der Waals surface area contributed by atoms with Crippen molar-refractivity contribution in [3.05, 3.63) is 36.4 Å². The van der Waals surface area contributed by atoms with Crippen molar-refractivity contribution >= 4 is 21.7 Å². The number of anilines is 1. The maximum Gasteiger partial charge on any atom is 0.335 e. The van der Waals surface area contributed by atoms with Crippen molar-refractivity contribution in [1.82, 2.24) is 4.72 Å². The molecule has 0 radical (unpaired) electrons. The van der Waals surface area contributed by atoms with Gasteiger partial charge in [0.15, 0.2) is 0 Å². The minimum absolute atomic E-state index is 0.0307. The van der Waals surface area contributed by atoms with E-state index in [-0.39, 0.29) is 29.3 Å². The maximum absolute atomic E-state index is 12.2. The Balaban J connectivity index is 3.18. The normalized spacial score (nSPS) is 11.1. The van der Waals surface area contributed by atoms with Crippen molar-refractivity contribution in [2.45, 2.75) is 11.3 Å². The second kappa shape index (κ2) is 7.77. The molecule has 0 aliphatic heterocycles. The predicted octanol–water partition coefficient (Wildman–Crippen LogP) is 0.643. The van der Waals surface area contributed by atoms with Gasteiger partial charge in [-0.05, 0) is 24.6 Å². The third kappa shape index (κ3) is 4.85. The summed E-state index contributed by atoms with van der Waals surface area (Å²) in [5, 5.41) is 20.6. The van der Waals surface area contributed by atoms with Gasteiger partial charge in [-0.15, -0.1) is 6.58 Å². The number of sulfonamides is 1. The maximum atomic E-state index is 12.2. The molecule has 1 aromatic rings. The molecule has 0 fully saturated rings. The van der Waals surface area contributed by atoms with Crippen LogP contribution < -0.4 is 10.0 Å². The molecule has 0 saturated carbocycles. The van der Waals surface area contributed by atoms with Gasteiger partial charge >= 0.3 is 5.97 Å². The molecule has 8 heteroatoms. The summed E-state index contributed by atoms with van der Waals surface area (Å²) in [6, 6.07) is 3.80. The first-order chi connectivity index (χ1) is 9.92. The molecule has 0 bridgehead atoms. The first-order valence-corrected chi connectivity index (χ1v) is 7.73.